The van der Waals surface area contributed by atoms with E-state index in [9.17, 15) is 9.59 Å². The van der Waals surface area contributed by atoms with E-state index in [4.69, 9.17) is 4.74 Å². The lowest BCUT2D eigenvalue weighted by molar-refractivity contribution is -0.150. The fourth-order valence-corrected chi connectivity index (χ4v) is 3.22. The van der Waals surface area contributed by atoms with Crippen molar-refractivity contribution in [2.45, 2.75) is 53.0 Å². The van der Waals surface area contributed by atoms with E-state index in [0.29, 0.717) is 11.3 Å². The van der Waals surface area contributed by atoms with Crippen LogP contribution in [0.25, 0.3) is 5.57 Å². The molecule has 0 radical (unpaired) electrons. The minimum absolute atomic E-state index is 0.0417. The van der Waals surface area contributed by atoms with E-state index in [1.807, 2.05) is 58.0 Å². The van der Waals surface area contributed by atoms with Gasteiger partial charge in [-0.1, -0.05) is 44.2 Å². The van der Waals surface area contributed by atoms with Gasteiger partial charge < -0.3 is 4.74 Å². The Balaban J connectivity index is 2.37. The second kappa shape index (κ2) is 7.20. The molecule has 24 heavy (non-hydrogen) atoms. The van der Waals surface area contributed by atoms with Gasteiger partial charge in [0.15, 0.2) is 12.5 Å². The predicted octanol–water partition coefficient (Wildman–Crippen LogP) is 4.02. The fraction of sp³-hybridized carbons (Fsp3) is 0.500. The van der Waals surface area contributed by atoms with Crippen molar-refractivity contribution < 1.29 is 14.3 Å². The number of Topliss-reactive ketones (excluding diaryl/α,β-unsaturated/α-hetero) is 1. The number of benzene rings is 1. The first-order valence-corrected chi connectivity index (χ1v) is 8.59. The molecule has 0 saturated carbocycles. The lowest BCUT2D eigenvalue weighted by Gasteiger charge is -2.41. The summed E-state index contributed by atoms with van der Waals surface area (Å²) in [4.78, 5) is 27.6. The Hall–Kier alpha value is -2.10. The van der Waals surface area contributed by atoms with Gasteiger partial charge in [-0.3, -0.25) is 14.5 Å². The Morgan fingerprint density at radius 3 is 2.33 bits per heavy atom. The summed E-state index contributed by atoms with van der Waals surface area (Å²) in [5.41, 5.74) is 0.455. The average molecular weight is 329 g/mol. The molecule has 1 aliphatic heterocycles. The number of hydrogen-bond acceptors (Lipinski definition) is 3. The molecule has 4 heteroatoms. The Morgan fingerprint density at radius 2 is 1.79 bits per heavy atom. The third kappa shape index (κ3) is 3.23. The molecule has 1 heterocycles. The summed E-state index contributed by atoms with van der Waals surface area (Å²) in [6, 6.07) is 9.47. The van der Waals surface area contributed by atoms with Gasteiger partial charge in [0.2, 0.25) is 0 Å². The monoisotopic (exact) mass is 329 g/mol. The van der Waals surface area contributed by atoms with Crippen LogP contribution in [0.1, 0.15) is 53.0 Å². The van der Waals surface area contributed by atoms with E-state index in [1.54, 1.807) is 11.8 Å². The maximum absolute atomic E-state index is 13.1. The van der Waals surface area contributed by atoms with Crippen LogP contribution in [0, 0.1) is 5.92 Å². The SMILES string of the molecule is CCC(CC)C(=O)C(C)(C)N1COC(C)=C(c2ccccc2)C1=O. The van der Waals surface area contributed by atoms with Gasteiger partial charge >= 0.3 is 0 Å². The van der Waals surface area contributed by atoms with Crippen LogP contribution in [0.15, 0.2) is 36.1 Å². The third-order valence-corrected chi connectivity index (χ3v) is 4.92. The standard InChI is InChI=1S/C20H27NO3/c1-6-15(7-2)18(22)20(4,5)21-13-24-14(3)17(19(21)23)16-11-9-8-10-12-16/h8-12,15H,6-7,13H2,1-5H3. The molecule has 1 aliphatic rings. The van der Waals surface area contributed by atoms with E-state index in [2.05, 4.69) is 0 Å². The number of ketones is 1. The molecule has 0 fully saturated rings. The van der Waals surface area contributed by atoms with Gasteiger partial charge in [-0.05, 0) is 39.2 Å². The van der Waals surface area contributed by atoms with Gasteiger partial charge in [-0.25, -0.2) is 0 Å². The molecule has 0 aliphatic carbocycles. The number of ether oxygens (including phenoxy) is 1. The zero-order valence-electron chi connectivity index (χ0n) is 15.3. The highest BCUT2D eigenvalue weighted by Crippen LogP contribution is 2.32. The Morgan fingerprint density at radius 1 is 1.21 bits per heavy atom. The molecule has 0 spiro atoms. The fourth-order valence-electron chi connectivity index (χ4n) is 3.22. The molecule has 0 saturated heterocycles. The van der Waals surface area contributed by atoms with E-state index in [0.717, 1.165) is 18.4 Å². The average Bonchev–Trinajstić information content (AvgIpc) is 2.56. The molecule has 1 amide bonds. The molecule has 0 aromatic heterocycles. The Labute approximate surface area is 144 Å². The van der Waals surface area contributed by atoms with Crippen LogP contribution in [0.5, 0.6) is 0 Å². The second-order valence-corrected chi connectivity index (χ2v) is 6.74. The van der Waals surface area contributed by atoms with Crippen LogP contribution in [0.3, 0.4) is 0 Å². The third-order valence-electron chi connectivity index (χ3n) is 4.92. The Bertz CT molecular complexity index is 642. The van der Waals surface area contributed by atoms with Crippen LogP contribution in [0.4, 0.5) is 0 Å². The van der Waals surface area contributed by atoms with Crippen molar-refractivity contribution in [1.29, 1.82) is 0 Å². The molecule has 0 atom stereocenters. The van der Waals surface area contributed by atoms with Crippen molar-refractivity contribution in [2.24, 2.45) is 5.92 Å². The molecule has 0 bridgehead atoms. The first kappa shape index (κ1) is 18.2. The summed E-state index contributed by atoms with van der Waals surface area (Å²) in [5.74, 6) is 0.513. The van der Waals surface area contributed by atoms with Gasteiger partial charge in [0, 0.05) is 5.92 Å². The molecular formula is C20H27NO3. The number of rotatable bonds is 6. The summed E-state index contributed by atoms with van der Waals surface area (Å²) >= 11 is 0. The molecule has 0 unspecified atom stereocenters. The molecular weight excluding hydrogens is 302 g/mol. The van der Waals surface area contributed by atoms with Crippen LogP contribution >= 0.6 is 0 Å². The second-order valence-electron chi connectivity index (χ2n) is 6.74. The van der Waals surface area contributed by atoms with Crippen LogP contribution in [-0.2, 0) is 14.3 Å². The van der Waals surface area contributed by atoms with Crippen molar-refractivity contribution in [3.8, 4) is 0 Å². The first-order valence-electron chi connectivity index (χ1n) is 8.59. The lowest BCUT2D eigenvalue weighted by Crippen LogP contribution is -2.57. The Kier molecular flexibility index (Phi) is 5.47. The van der Waals surface area contributed by atoms with Crippen molar-refractivity contribution in [1.82, 2.24) is 4.90 Å². The number of amides is 1. The quantitative estimate of drug-likeness (QED) is 0.792. The highest BCUT2D eigenvalue weighted by molar-refractivity contribution is 6.21. The topological polar surface area (TPSA) is 46.6 Å². The zero-order chi connectivity index (χ0) is 17.9. The maximum atomic E-state index is 13.1. The summed E-state index contributed by atoms with van der Waals surface area (Å²) < 4.78 is 5.74. The minimum atomic E-state index is -0.894. The highest BCUT2D eigenvalue weighted by Gasteiger charge is 2.43. The predicted molar refractivity (Wildman–Crippen MR) is 95.0 cm³/mol. The minimum Gasteiger partial charge on any atom is -0.477 e. The van der Waals surface area contributed by atoms with Gasteiger partial charge in [0.25, 0.3) is 5.91 Å². The molecule has 2 rings (SSSR count). The van der Waals surface area contributed by atoms with E-state index < -0.39 is 5.54 Å². The van der Waals surface area contributed by atoms with Crippen molar-refractivity contribution in [2.75, 3.05) is 6.73 Å². The van der Waals surface area contributed by atoms with E-state index >= 15 is 0 Å². The smallest absolute Gasteiger partial charge is 0.261 e. The summed E-state index contributed by atoms with van der Waals surface area (Å²) in [6.45, 7) is 9.57. The normalized spacial score (nSPS) is 15.8. The highest BCUT2D eigenvalue weighted by atomic mass is 16.5. The molecule has 1 aromatic carbocycles. The first-order chi connectivity index (χ1) is 11.3. The van der Waals surface area contributed by atoms with E-state index in [1.165, 1.54) is 0 Å². The van der Waals surface area contributed by atoms with Crippen molar-refractivity contribution >= 4 is 17.3 Å². The van der Waals surface area contributed by atoms with Crippen molar-refractivity contribution in [3.05, 3.63) is 41.7 Å². The van der Waals surface area contributed by atoms with Gasteiger partial charge in [0.1, 0.15) is 5.76 Å². The zero-order valence-corrected chi connectivity index (χ0v) is 15.3. The number of hydrogen-bond donors (Lipinski definition) is 0. The van der Waals surface area contributed by atoms with E-state index in [-0.39, 0.29) is 24.3 Å². The van der Waals surface area contributed by atoms with Crippen LogP contribution in [0.2, 0.25) is 0 Å². The number of allylic oxidation sites excluding steroid dienone is 1. The molecule has 1 aromatic rings. The molecule has 4 nitrogen and oxygen atoms in total. The number of carbonyl (C=O) groups excluding carboxylic acids is 2. The summed E-state index contributed by atoms with van der Waals surface area (Å²) in [6.07, 6.45) is 1.56. The molecule has 0 N–H and O–H groups in total. The van der Waals surface area contributed by atoms with Crippen molar-refractivity contribution in [3.63, 3.8) is 0 Å². The van der Waals surface area contributed by atoms with Gasteiger partial charge in [0.05, 0.1) is 11.1 Å². The van der Waals surface area contributed by atoms with Gasteiger partial charge in [-0.15, -0.1) is 0 Å². The number of nitrogens with zero attached hydrogens (tertiary/aromatic N) is 1. The summed E-state index contributed by atoms with van der Waals surface area (Å²) in [5, 5.41) is 0. The maximum Gasteiger partial charge on any atom is 0.261 e. The largest absolute Gasteiger partial charge is 0.477 e. The lowest BCUT2D eigenvalue weighted by atomic mass is 9.84. The van der Waals surface area contributed by atoms with Crippen LogP contribution in [-0.4, -0.2) is 28.9 Å². The van der Waals surface area contributed by atoms with Gasteiger partial charge in [-0.2, -0.15) is 0 Å². The molecule has 130 valence electrons. The summed E-state index contributed by atoms with van der Waals surface area (Å²) in [7, 11) is 0. The van der Waals surface area contributed by atoms with Crippen LogP contribution < -0.4 is 0 Å². The number of carbonyl (C=O) groups is 2.